The van der Waals surface area contributed by atoms with Crippen LogP contribution >= 0.6 is 0 Å². The van der Waals surface area contributed by atoms with E-state index in [0.29, 0.717) is 6.04 Å². The van der Waals surface area contributed by atoms with Gasteiger partial charge >= 0.3 is 0 Å². The van der Waals surface area contributed by atoms with Crippen molar-refractivity contribution >= 4 is 0 Å². The first-order chi connectivity index (χ1) is 6.26. The van der Waals surface area contributed by atoms with Crippen LogP contribution in [-0.2, 0) is 0 Å². The molecule has 1 unspecified atom stereocenters. The topological polar surface area (TPSA) is 15.3 Å². The molecule has 1 aliphatic carbocycles. The van der Waals surface area contributed by atoms with Gasteiger partial charge in [0.2, 0.25) is 0 Å². The summed E-state index contributed by atoms with van der Waals surface area (Å²) >= 11 is 0. The zero-order chi connectivity index (χ0) is 9.68. The molecule has 2 nitrogen and oxygen atoms in total. The van der Waals surface area contributed by atoms with Crippen molar-refractivity contribution in [2.45, 2.75) is 39.2 Å². The van der Waals surface area contributed by atoms with E-state index < -0.39 is 0 Å². The highest BCUT2D eigenvalue weighted by atomic mass is 15.1. The normalized spacial score (nSPS) is 19.4. The summed E-state index contributed by atoms with van der Waals surface area (Å²) in [5.41, 5.74) is 0. The largest absolute Gasteiger partial charge is 0.313 e. The number of hydrogen-bond donors (Lipinski definition) is 1. The third-order valence-electron chi connectivity index (χ3n) is 2.78. The fraction of sp³-hybridized carbons (Fsp3) is 1.00. The van der Waals surface area contributed by atoms with Crippen LogP contribution < -0.4 is 5.32 Å². The second-order valence-electron chi connectivity index (χ2n) is 4.33. The zero-order valence-electron chi connectivity index (χ0n) is 9.34. The molecule has 78 valence electrons. The lowest BCUT2D eigenvalue weighted by atomic mass is 10.2. The maximum absolute atomic E-state index is 3.52. The van der Waals surface area contributed by atoms with Crippen LogP contribution in [0.3, 0.4) is 0 Å². The molecule has 1 aliphatic rings. The molecule has 0 heterocycles. The summed E-state index contributed by atoms with van der Waals surface area (Å²) in [5, 5.41) is 3.52. The Kier molecular flexibility index (Phi) is 4.74. The molecule has 2 heteroatoms. The SMILES string of the molecule is CCNC(CC)CN(C)CC1CC1. The van der Waals surface area contributed by atoms with Gasteiger partial charge in [0.25, 0.3) is 0 Å². The van der Waals surface area contributed by atoms with Crippen molar-refractivity contribution < 1.29 is 0 Å². The number of hydrogen-bond acceptors (Lipinski definition) is 2. The van der Waals surface area contributed by atoms with Gasteiger partial charge in [0.15, 0.2) is 0 Å². The van der Waals surface area contributed by atoms with Crippen LogP contribution in [0.1, 0.15) is 33.1 Å². The maximum Gasteiger partial charge on any atom is 0.0192 e. The van der Waals surface area contributed by atoms with E-state index >= 15 is 0 Å². The van der Waals surface area contributed by atoms with E-state index in [1.807, 2.05) is 0 Å². The van der Waals surface area contributed by atoms with Gasteiger partial charge in [-0.15, -0.1) is 0 Å². The second kappa shape index (κ2) is 5.61. The number of nitrogens with zero attached hydrogens (tertiary/aromatic N) is 1. The molecule has 0 aromatic heterocycles. The van der Waals surface area contributed by atoms with Gasteiger partial charge in [0.05, 0.1) is 0 Å². The summed E-state index contributed by atoms with van der Waals surface area (Å²) in [5.74, 6) is 1.02. The molecule has 1 N–H and O–H groups in total. The fourth-order valence-electron chi connectivity index (χ4n) is 1.82. The monoisotopic (exact) mass is 184 g/mol. The van der Waals surface area contributed by atoms with Gasteiger partial charge in [0.1, 0.15) is 0 Å². The molecule has 0 aromatic carbocycles. The Bertz CT molecular complexity index is 132. The number of likely N-dealkylation sites (N-methyl/N-ethyl adjacent to an activating group) is 2. The predicted molar refractivity (Wildman–Crippen MR) is 58.0 cm³/mol. The fourth-order valence-corrected chi connectivity index (χ4v) is 1.82. The van der Waals surface area contributed by atoms with Crippen LogP contribution in [0.15, 0.2) is 0 Å². The van der Waals surface area contributed by atoms with Gasteiger partial charge in [0, 0.05) is 19.1 Å². The quantitative estimate of drug-likeness (QED) is 0.648. The van der Waals surface area contributed by atoms with Crippen molar-refractivity contribution in [3.8, 4) is 0 Å². The van der Waals surface area contributed by atoms with Gasteiger partial charge in [-0.05, 0) is 38.8 Å². The predicted octanol–water partition coefficient (Wildman–Crippen LogP) is 1.72. The summed E-state index contributed by atoms with van der Waals surface area (Å²) in [7, 11) is 2.25. The van der Waals surface area contributed by atoms with Gasteiger partial charge in [-0.2, -0.15) is 0 Å². The summed E-state index contributed by atoms with van der Waals surface area (Å²) < 4.78 is 0. The van der Waals surface area contributed by atoms with Crippen LogP contribution in [0.5, 0.6) is 0 Å². The van der Waals surface area contributed by atoms with Crippen LogP contribution in [-0.4, -0.2) is 37.6 Å². The summed E-state index contributed by atoms with van der Waals surface area (Å²) in [6.07, 6.45) is 4.16. The minimum absolute atomic E-state index is 0.689. The van der Waals surface area contributed by atoms with E-state index in [-0.39, 0.29) is 0 Å². The van der Waals surface area contributed by atoms with E-state index in [2.05, 4.69) is 31.1 Å². The highest BCUT2D eigenvalue weighted by molar-refractivity contribution is 4.78. The van der Waals surface area contributed by atoms with Gasteiger partial charge in [-0.1, -0.05) is 13.8 Å². The summed E-state index contributed by atoms with van der Waals surface area (Å²) in [6.45, 7) is 8.06. The molecule has 1 atom stereocenters. The number of rotatable bonds is 7. The summed E-state index contributed by atoms with van der Waals surface area (Å²) in [6, 6.07) is 0.689. The van der Waals surface area contributed by atoms with E-state index in [0.717, 1.165) is 12.5 Å². The van der Waals surface area contributed by atoms with E-state index in [1.54, 1.807) is 0 Å². The highest BCUT2D eigenvalue weighted by Crippen LogP contribution is 2.29. The minimum Gasteiger partial charge on any atom is -0.313 e. The van der Waals surface area contributed by atoms with Crippen LogP contribution in [0.25, 0.3) is 0 Å². The Morgan fingerprint density at radius 2 is 2.08 bits per heavy atom. The third kappa shape index (κ3) is 4.63. The first kappa shape index (κ1) is 11.0. The average Bonchev–Trinajstić information content (AvgIpc) is 2.87. The molecule has 0 radical (unpaired) electrons. The molecule has 1 rings (SSSR count). The molecule has 0 aliphatic heterocycles. The van der Waals surface area contributed by atoms with Crippen molar-refractivity contribution in [1.29, 1.82) is 0 Å². The minimum atomic E-state index is 0.689. The van der Waals surface area contributed by atoms with E-state index in [9.17, 15) is 0 Å². The Balaban J connectivity index is 2.10. The van der Waals surface area contributed by atoms with Crippen LogP contribution in [0.2, 0.25) is 0 Å². The van der Waals surface area contributed by atoms with Crippen molar-refractivity contribution in [1.82, 2.24) is 10.2 Å². The maximum atomic E-state index is 3.52. The smallest absolute Gasteiger partial charge is 0.0192 e. The molecule has 0 amide bonds. The molecule has 1 saturated carbocycles. The van der Waals surface area contributed by atoms with Crippen LogP contribution in [0.4, 0.5) is 0 Å². The second-order valence-corrected chi connectivity index (χ2v) is 4.33. The van der Waals surface area contributed by atoms with Gasteiger partial charge in [-0.3, -0.25) is 0 Å². The average molecular weight is 184 g/mol. The Morgan fingerprint density at radius 1 is 1.38 bits per heavy atom. The van der Waals surface area contributed by atoms with Crippen molar-refractivity contribution in [2.75, 3.05) is 26.7 Å². The Morgan fingerprint density at radius 3 is 2.54 bits per heavy atom. The molecule has 0 saturated heterocycles. The summed E-state index contributed by atoms with van der Waals surface area (Å²) in [4.78, 5) is 2.48. The lowest BCUT2D eigenvalue weighted by molar-refractivity contribution is 0.276. The standard InChI is InChI=1S/C11H24N2/c1-4-11(12-5-2)9-13(3)8-10-6-7-10/h10-12H,4-9H2,1-3H3. The van der Waals surface area contributed by atoms with Crippen molar-refractivity contribution in [2.24, 2.45) is 5.92 Å². The zero-order valence-corrected chi connectivity index (χ0v) is 9.34. The molecule has 0 aromatic rings. The molecule has 0 bridgehead atoms. The lowest BCUT2D eigenvalue weighted by Gasteiger charge is -2.23. The molecule has 0 spiro atoms. The Hall–Kier alpha value is -0.0800. The molecular formula is C11H24N2. The lowest BCUT2D eigenvalue weighted by Crippen LogP contribution is -2.39. The van der Waals surface area contributed by atoms with Gasteiger partial charge in [-0.25, -0.2) is 0 Å². The first-order valence-corrected chi connectivity index (χ1v) is 5.68. The van der Waals surface area contributed by atoms with Crippen molar-refractivity contribution in [3.05, 3.63) is 0 Å². The van der Waals surface area contributed by atoms with E-state index in [1.165, 1.54) is 32.4 Å². The molecule has 1 fully saturated rings. The first-order valence-electron chi connectivity index (χ1n) is 5.68. The third-order valence-corrected chi connectivity index (χ3v) is 2.78. The Labute approximate surface area is 82.7 Å². The molecule has 13 heavy (non-hydrogen) atoms. The van der Waals surface area contributed by atoms with Crippen molar-refractivity contribution in [3.63, 3.8) is 0 Å². The molecular weight excluding hydrogens is 160 g/mol. The van der Waals surface area contributed by atoms with Gasteiger partial charge < -0.3 is 10.2 Å². The highest BCUT2D eigenvalue weighted by Gasteiger charge is 2.23. The van der Waals surface area contributed by atoms with E-state index in [4.69, 9.17) is 0 Å². The van der Waals surface area contributed by atoms with Crippen LogP contribution in [0, 0.1) is 5.92 Å². The number of nitrogens with one attached hydrogen (secondary N) is 1.